The van der Waals surface area contributed by atoms with Gasteiger partial charge in [0.1, 0.15) is 11.4 Å². The topological polar surface area (TPSA) is 65.8 Å². The van der Waals surface area contributed by atoms with E-state index in [1.54, 1.807) is 12.4 Å². The molecule has 164 valence electrons. The van der Waals surface area contributed by atoms with Crippen LogP contribution in [0.1, 0.15) is 50.6 Å². The number of carbonyl (C=O) groups excluding carboxylic acids is 1. The number of carbonyl (C=O) groups is 1. The van der Waals surface area contributed by atoms with Crippen LogP contribution in [0.2, 0.25) is 0 Å². The number of aromatic nitrogens is 2. The monoisotopic (exact) mass is 420 g/mol. The third-order valence-electron chi connectivity index (χ3n) is 7.21. The highest BCUT2D eigenvalue weighted by atomic mass is 16.2. The molecule has 4 heterocycles. The van der Waals surface area contributed by atoms with Gasteiger partial charge in [0.15, 0.2) is 0 Å². The lowest BCUT2D eigenvalue weighted by molar-refractivity contribution is 0.181. The molecule has 3 fully saturated rings. The lowest BCUT2D eigenvalue weighted by Crippen LogP contribution is -2.57. The summed E-state index contributed by atoms with van der Waals surface area (Å²) < 4.78 is 2.18. The van der Waals surface area contributed by atoms with Crippen molar-refractivity contribution in [2.75, 3.05) is 18.0 Å². The molecule has 0 aromatic carbocycles. The van der Waals surface area contributed by atoms with Crippen LogP contribution in [0.15, 0.2) is 47.8 Å². The largest absolute Gasteiger partial charge is 0.353 e. The lowest BCUT2D eigenvalue weighted by atomic mass is 9.84. The molecule has 0 radical (unpaired) electrons. The number of piperidine rings is 1. The van der Waals surface area contributed by atoms with Gasteiger partial charge in [-0.15, -0.1) is 0 Å². The van der Waals surface area contributed by atoms with Crippen molar-refractivity contribution in [2.24, 2.45) is 12.0 Å². The van der Waals surface area contributed by atoms with Crippen molar-refractivity contribution in [1.29, 1.82) is 0 Å². The van der Waals surface area contributed by atoms with E-state index in [9.17, 15) is 4.79 Å². The second kappa shape index (κ2) is 8.46. The summed E-state index contributed by atoms with van der Waals surface area (Å²) in [5, 5.41) is 3.17. The van der Waals surface area contributed by atoms with E-state index in [4.69, 9.17) is 4.99 Å². The van der Waals surface area contributed by atoms with Crippen molar-refractivity contribution >= 4 is 17.6 Å². The van der Waals surface area contributed by atoms with Crippen molar-refractivity contribution in [3.8, 4) is 0 Å². The van der Waals surface area contributed by atoms with Gasteiger partial charge in [0.25, 0.3) is 0 Å². The molecular weight excluding hydrogens is 388 g/mol. The number of nitrogens with one attached hydrogen (secondary N) is 1. The smallest absolute Gasteiger partial charge is 0.328 e. The first-order valence-electron chi connectivity index (χ1n) is 11.6. The van der Waals surface area contributed by atoms with Gasteiger partial charge >= 0.3 is 6.03 Å². The number of hydrogen-bond donors (Lipinski definition) is 1. The first-order chi connectivity index (χ1) is 15.2. The number of aliphatic imine (C=N–C) groups is 1. The second-order valence-corrected chi connectivity index (χ2v) is 9.16. The zero-order valence-electron chi connectivity index (χ0n) is 18.3. The first-order valence-corrected chi connectivity index (χ1v) is 11.6. The number of aryl methyl sites for hydroxylation is 1. The van der Waals surface area contributed by atoms with Gasteiger partial charge in [-0.2, -0.15) is 0 Å². The number of pyridine rings is 1. The van der Waals surface area contributed by atoms with Gasteiger partial charge in [0.05, 0.1) is 17.9 Å². The molecule has 5 rings (SSSR count). The van der Waals surface area contributed by atoms with E-state index < -0.39 is 5.54 Å². The van der Waals surface area contributed by atoms with Gasteiger partial charge < -0.3 is 4.57 Å². The minimum atomic E-state index is -0.401. The number of urea groups is 1. The third kappa shape index (κ3) is 3.87. The number of anilines is 1. The summed E-state index contributed by atoms with van der Waals surface area (Å²) in [5.41, 5.74) is 1.77. The Morgan fingerprint density at radius 3 is 2.65 bits per heavy atom. The highest BCUT2D eigenvalue weighted by molar-refractivity contribution is 6.19. The van der Waals surface area contributed by atoms with Crippen molar-refractivity contribution in [3.63, 3.8) is 0 Å². The minimum absolute atomic E-state index is 0.0709. The maximum atomic E-state index is 13.2. The van der Waals surface area contributed by atoms with Crippen LogP contribution in [0.3, 0.4) is 0 Å². The predicted octanol–water partition coefficient (Wildman–Crippen LogP) is 3.72. The normalized spacial score (nSPS) is 23.6. The van der Waals surface area contributed by atoms with Crippen molar-refractivity contribution in [3.05, 3.63) is 48.5 Å². The molecule has 7 heteroatoms. The van der Waals surface area contributed by atoms with E-state index in [-0.39, 0.29) is 6.03 Å². The van der Waals surface area contributed by atoms with E-state index in [1.807, 2.05) is 17.0 Å². The quantitative estimate of drug-likeness (QED) is 0.820. The number of rotatable bonds is 4. The summed E-state index contributed by atoms with van der Waals surface area (Å²) >= 11 is 0. The molecule has 0 bridgehead atoms. The third-order valence-corrected chi connectivity index (χ3v) is 7.21. The maximum absolute atomic E-state index is 13.2. The summed E-state index contributed by atoms with van der Waals surface area (Å²) in [6.07, 6.45) is 13.4. The van der Waals surface area contributed by atoms with Crippen molar-refractivity contribution < 1.29 is 4.79 Å². The summed E-state index contributed by atoms with van der Waals surface area (Å²) in [4.78, 5) is 27.0. The molecule has 2 aliphatic heterocycles. The van der Waals surface area contributed by atoms with Gasteiger partial charge in [-0.1, -0.05) is 19.3 Å². The molecule has 1 saturated carbocycles. The summed E-state index contributed by atoms with van der Waals surface area (Å²) in [7, 11) is 2.10. The Hall–Kier alpha value is -2.67. The fraction of sp³-hybridized carbons (Fsp3) is 0.542. The molecule has 31 heavy (non-hydrogen) atoms. The SMILES string of the molecule is Cn1cccc1CN1CCC2(CC1)C(=NC1CCCCC1)NC(=O)N2c1cccnc1. The van der Waals surface area contributed by atoms with Gasteiger partial charge in [0.2, 0.25) is 0 Å². The molecule has 2 saturated heterocycles. The summed E-state index contributed by atoms with van der Waals surface area (Å²) in [6, 6.07) is 8.42. The van der Waals surface area contributed by atoms with Gasteiger partial charge in [-0.25, -0.2) is 4.79 Å². The van der Waals surface area contributed by atoms with Crippen molar-refractivity contribution in [2.45, 2.75) is 63.1 Å². The van der Waals surface area contributed by atoms with Crippen LogP contribution in [-0.2, 0) is 13.6 Å². The molecule has 2 aromatic rings. The molecule has 0 unspecified atom stereocenters. The zero-order chi connectivity index (χ0) is 21.3. The molecule has 3 aliphatic rings. The highest BCUT2D eigenvalue weighted by Crippen LogP contribution is 2.38. The number of amides is 2. The van der Waals surface area contributed by atoms with Gasteiger partial charge in [-0.05, 0) is 49.9 Å². The van der Waals surface area contributed by atoms with Crippen LogP contribution in [0.4, 0.5) is 10.5 Å². The number of likely N-dealkylation sites (tertiary alicyclic amines) is 1. The number of amidine groups is 1. The molecular formula is C24H32N6O. The van der Waals surface area contributed by atoms with E-state index in [0.717, 1.165) is 56.8 Å². The van der Waals surface area contributed by atoms with Crippen LogP contribution < -0.4 is 10.2 Å². The molecule has 2 amide bonds. The average Bonchev–Trinajstić information content (AvgIpc) is 3.31. The predicted molar refractivity (Wildman–Crippen MR) is 122 cm³/mol. The van der Waals surface area contributed by atoms with Gasteiger partial charge in [-0.3, -0.25) is 25.1 Å². The Kier molecular flexibility index (Phi) is 5.52. The molecule has 1 spiro atoms. The molecule has 2 aromatic heterocycles. The Morgan fingerprint density at radius 1 is 1.16 bits per heavy atom. The summed E-state index contributed by atoms with van der Waals surface area (Å²) in [6.45, 7) is 2.80. The van der Waals surface area contributed by atoms with E-state index >= 15 is 0 Å². The van der Waals surface area contributed by atoms with Crippen LogP contribution in [0.5, 0.6) is 0 Å². The summed E-state index contributed by atoms with van der Waals surface area (Å²) in [5.74, 6) is 0.881. The number of nitrogens with zero attached hydrogens (tertiary/aromatic N) is 5. The van der Waals surface area contributed by atoms with Crippen LogP contribution in [-0.4, -0.2) is 51.0 Å². The van der Waals surface area contributed by atoms with Crippen molar-refractivity contribution in [1.82, 2.24) is 19.8 Å². The van der Waals surface area contributed by atoms with E-state index in [1.165, 1.54) is 25.0 Å². The van der Waals surface area contributed by atoms with Crippen LogP contribution in [0.25, 0.3) is 0 Å². The highest BCUT2D eigenvalue weighted by Gasteiger charge is 2.53. The second-order valence-electron chi connectivity index (χ2n) is 9.16. The Morgan fingerprint density at radius 2 is 1.97 bits per heavy atom. The van der Waals surface area contributed by atoms with Crippen LogP contribution >= 0.6 is 0 Å². The molecule has 1 aliphatic carbocycles. The Labute approximate surface area is 184 Å². The Bertz CT molecular complexity index is 938. The van der Waals surface area contributed by atoms with Crippen LogP contribution in [0, 0.1) is 0 Å². The lowest BCUT2D eigenvalue weighted by Gasteiger charge is -2.43. The zero-order valence-corrected chi connectivity index (χ0v) is 18.3. The van der Waals surface area contributed by atoms with E-state index in [0.29, 0.717) is 6.04 Å². The fourth-order valence-electron chi connectivity index (χ4n) is 5.40. The molecule has 0 atom stereocenters. The minimum Gasteiger partial charge on any atom is -0.353 e. The Balaban J connectivity index is 1.43. The van der Waals surface area contributed by atoms with Gasteiger partial charge in [0, 0.05) is 44.8 Å². The fourth-order valence-corrected chi connectivity index (χ4v) is 5.40. The standard InChI is InChI=1S/C24H32N6O/c1-28-14-6-10-21(28)18-29-15-11-24(12-16-29)22(26-19-7-3-2-4-8-19)27-23(31)30(24)20-9-5-13-25-17-20/h5-6,9-10,13-14,17,19H,2-4,7-8,11-12,15-16,18H2,1H3,(H,26,27,31). The molecule has 7 nitrogen and oxygen atoms in total. The number of hydrogen-bond acceptors (Lipinski definition) is 4. The maximum Gasteiger partial charge on any atom is 0.328 e. The first kappa shape index (κ1) is 20.2. The molecule has 1 N–H and O–H groups in total. The average molecular weight is 421 g/mol. The van der Waals surface area contributed by atoms with E-state index in [2.05, 4.69) is 45.1 Å².